The number of hydrogen-bond donors (Lipinski definition) is 0. The van der Waals surface area contributed by atoms with E-state index in [0.717, 1.165) is 11.3 Å². The van der Waals surface area contributed by atoms with Crippen LogP contribution in [-0.2, 0) is 9.84 Å². The van der Waals surface area contributed by atoms with Crippen molar-refractivity contribution in [2.45, 2.75) is 17.7 Å². The van der Waals surface area contributed by atoms with Crippen LogP contribution in [0.3, 0.4) is 0 Å². The van der Waals surface area contributed by atoms with Gasteiger partial charge in [-0.25, -0.2) is 23.4 Å². The molecule has 0 unspecified atom stereocenters. The Morgan fingerprint density at radius 1 is 1.47 bits per heavy atom. The van der Waals surface area contributed by atoms with Crippen molar-refractivity contribution in [3.05, 3.63) is 12.5 Å². The van der Waals surface area contributed by atoms with E-state index in [-0.39, 0.29) is 10.1 Å². The van der Waals surface area contributed by atoms with Gasteiger partial charge >= 0.3 is 0 Å². The van der Waals surface area contributed by atoms with E-state index in [0.29, 0.717) is 16.8 Å². The van der Waals surface area contributed by atoms with E-state index in [1.54, 1.807) is 0 Å². The minimum Gasteiger partial charge on any atom is -0.242 e. The first kappa shape index (κ1) is 10.4. The van der Waals surface area contributed by atoms with Gasteiger partial charge in [0.1, 0.15) is 16.7 Å². The predicted molar refractivity (Wildman–Crippen MR) is 57.6 cm³/mol. The molecule has 0 fully saturated rings. The topological polar surface area (TPSA) is 72.8 Å². The molecule has 0 aliphatic rings. The minimum atomic E-state index is -3.23. The molecule has 2 heterocycles. The van der Waals surface area contributed by atoms with Crippen molar-refractivity contribution in [3.63, 3.8) is 0 Å². The highest BCUT2D eigenvalue weighted by Crippen LogP contribution is 2.23. The highest BCUT2D eigenvalue weighted by molar-refractivity contribution is 7.93. The van der Waals surface area contributed by atoms with Crippen molar-refractivity contribution in [1.29, 1.82) is 0 Å². The Morgan fingerprint density at radius 2 is 2.27 bits per heavy atom. The van der Waals surface area contributed by atoms with Crippen molar-refractivity contribution < 1.29 is 8.42 Å². The average molecular weight is 243 g/mol. The molecule has 0 aliphatic carbocycles. The molecule has 0 radical (unpaired) electrons. The zero-order valence-corrected chi connectivity index (χ0v) is 9.68. The van der Waals surface area contributed by atoms with Crippen LogP contribution in [0.15, 0.2) is 16.9 Å². The van der Waals surface area contributed by atoms with E-state index in [1.807, 2.05) is 6.92 Å². The zero-order valence-electron chi connectivity index (χ0n) is 8.04. The van der Waals surface area contributed by atoms with E-state index in [2.05, 4.69) is 15.0 Å². The fourth-order valence-corrected chi connectivity index (χ4v) is 3.72. The van der Waals surface area contributed by atoms with Crippen molar-refractivity contribution in [2.24, 2.45) is 0 Å². The normalized spacial score (nSPS) is 12.1. The lowest BCUT2D eigenvalue weighted by molar-refractivity contribution is 0.594. The summed E-state index contributed by atoms with van der Waals surface area (Å²) in [6.07, 6.45) is 3.49. The molecule has 0 aromatic carbocycles. The van der Waals surface area contributed by atoms with E-state index >= 15 is 0 Å². The molecule has 80 valence electrons. The fraction of sp³-hybridized carbons (Fsp3) is 0.375. The summed E-state index contributed by atoms with van der Waals surface area (Å²) in [5.41, 5.74) is 0.539. The maximum Gasteiger partial charge on any atom is 0.211 e. The second-order valence-corrected chi connectivity index (χ2v) is 6.27. The molecule has 2 rings (SSSR count). The van der Waals surface area contributed by atoms with Gasteiger partial charge in [0.05, 0.1) is 11.9 Å². The molecule has 0 atom stereocenters. The summed E-state index contributed by atoms with van der Waals surface area (Å²) in [7, 11) is -3.23. The van der Waals surface area contributed by atoms with Crippen molar-refractivity contribution in [2.75, 3.05) is 5.75 Å². The van der Waals surface area contributed by atoms with Crippen LogP contribution in [0.5, 0.6) is 0 Å². The Bertz CT molecular complexity index is 543. The molecule has 5 nitrogen and oxygen atoms in total. The number of thiazole rings is 1. The minimum absolute atomic E-state index is 0.125. The Morgan fingerprint density at radius 3 is 2.93 bits per heavy atom. The molecule has 0 N–H and O–H groups in total. The van der Waals surface area contributed by atoms with Gasteiger partial charge in [-0.1, -0.05) is 18.3 Å². The lowest BCUT2D eigenvalue weighted by Crippen LogP contribution is -2.04. The van der Waals surface area contributed by atoms with Crippen molar-refractivity contribution >= 4 is 31.5 Å². The fourth-order valence-electron chi connectivity index (χ4n) is 1.16. The van der Waals surface area contributed by atoms with Crippen LogP contribution in [0, 0.1) is 0 Å². The summed E-state index contributed by atoms with van der Waals surface area (Å²) in [6.45, 7) is 1.82. The van der Waals surface area contributed by atoms with E-state index in [4.69, 9.17) is 0 Å². The van der Waals surface area contributed by atoms with Gasteiger partial charge in [0.15, 0.2) is 0 Å². The average Bonchev–Trinajstić information content (AvgIpc) is 2.61. The number of rotatable bonds is 3. The van der Waals surface area contributed by atoms with Gasteiger partial charge < -0.3 is 0 Å². The summed E-state index contributed by atoms with van der Waals surface area (Å²) < 4.78 is 23.5. The van der Waals surface area contributed by atoms with Gasteiger partial charge in [-0.05, 0) is 6.42 Å². The molecular formula is C8H9N3O2S2. The lowest BCUT2D eigenvalue weighted by atomic mass is 10.6. The number of fused-ring (bicyclic) bond motifs is 1. The molecule has 0 saturated heterocycles. The SMILES string of the molecule is CCCS(=O)(=O)c1nc2cncnc2s1. The van der Waals surface area contributed by atoms with Gasteiger partial charge in [-0.15, -0.1) is 0 Å². The highest BCUT2D eigenvalue weighted by Gasteiger charge is 2.18. The molecule has 15 heavy (non-hydrogen) atoms. The maximum absolute atomic E-state index is 11.7. The number of sulfone groups is 1. The molecule has 0 saturated carbocycles. The van der Waals surface area contributed by atoms with Crippen LogP contribution < -0.4 is 0 Å². The van der Waals surface area contributed by atoms with Crippen molar-refractivity contribution in [1.82, 2.24) is 15.0 Å². The zero-order chi connectivity index (χ0) is 10.9. The monoisotopic (exact) mass is 243 g/mol. The van der Waals surface area contributed by atoms with Gasteiger partial charge in [0.2, 0.25) is 14.2 Å². The molecule has 0 amide bonds. The number of aromatic nitrogens is 3. The molecule has 2 aromatic rings. The van der Waals surface area contributed by atoms with Crippen LogP contribution in [0.2, 0.25) is 0 Å². The number of nitrogens with zero attached hydrogens (tertiary/aromatic N) is 3. The van der Waals surface area contributed by atoms with Gasteiger partial charge in [-0.3, -0.25) is 0 Å². The van der Waals surface area contributed by atoms with Gasteiger partial charge in [0.25, 0.3) is 0 Å². The van der Waals surface area contributed by atoms with Gasteiger partial charge in [-0.2, -0.15) is 0 Å². The third-order valence-electron chi connectivity index (χ3n) is 1.79. The lowest BCUT2D eigenvalue weighted by Gasteiger charge is -1.94. The summed E-state index contributed by atoms with van der Waals surface area (Å²) in [5, 5.41) is 0. The summed E-state index contributed by atoms with van der Waals surface area (Å²) in [5.74, 6) is 0.125. The van der Waals surface area contributed by atoms with E-state index in [1.165, 1.54) is 12.5 Å². The molecule has 7 heteroatoms. The van der Waals surface area contributed by atoms with Crippen molar-refractivity contribution in [3.8, 4) is 0 Å². The Kier molecular flexibility index (Phi) is 2.66. The Labute approximate surface area is 91.1 Å². The maximum atomic E-state index is 11.7. The van der Waals surface area contributed by atoms with E-state index < -0.39 is 9.84 Å². The largest absolute Gasteiger partial charge is 0.242 e. The molecule has 0 bridgehead atoms. The van der Waals surface area contributed by atoms with E-state index in [9.17, 15) is 8.42 Å². The van der Waals surface area contributed by atoms with Crippen LogP contribution in [-0.4, -0.2) is 29.1 Å². The standard InChI is InChI=1S/C8H9N3O2S2/c1-2-3-15(12,13)8-11-6-4-9-5-10-7(6)14-8/h4-5H,2-3H2,1H3. The van der Waals surface area contributed by atoms with Crippen LogP contribution in [0.25, 0.3) is 10.3 Å². The van der Waals surface area contributed by atoms with Crippen LogP contribution in [0.4, 0.5) is 0 Å². The third kappa shape index (κ3) is 1.98. The third-order valence-corrected chi connectivity index (χ3v) is 5.15. The second-order valence-electron chi connectivity index (χ2n) is 3.01. The predicted octanol–water partition coefficient (Wildman–Crippen LogP) is 1.27. The first-order valence-corrected chi connectivity index (χ1v) is 6.89. The molecule has 2 aromatic heterocycles. The highest BCUT2D eigenvalue weighted by atomic mass is 32.2. The Balaban J connectivity index is 2.54. The Hall–Kier alpha value is -1.08. The second kappa shape index (κ2) is 3.82. The van der Waals surface area contributed by atoms with Gasteiger partial charge in [0, 0.05) is 0 Å². The molecule has 0 spiro atoms. The molecule has 0 aliphatic heterocycles. The van der Waals surface area contributed by atoms with Crippen LogP contribution in [0.1, 0.15) is 13.3 Å². The number of hydrogen-bond acceptors (Lipinski definition) is 6. The smallest absolute Gasteiger partial charge is 0.211 e. The quantitative estimate of drug-likeness (QED) is 0.811. The summed E-state index contributed by atoms with van der Waals surface area (Å²) in [4.78, 5) is 12.4. The summed E-state index contributed by atoms with van der Waals surface area (Å²) >= 11 is 1.09. The first-order chi connectivity index (χ1) is 7.13. The summed E-state index contributed by atoms with van der Waals surface area (Å²) in [6, 6.07) is 0. The first-order valence-electron chi connectivity index (χ1n) is 4.43. The van der Waals surface area contributed by atoms with Crippen LogP contribution >= 0.6 is 11.3 Å². The molecular weight excluding hydrogens is 234 g/mol.